The monoisotopic (exact) mass is 360 g/mol. The Morgan fingerprint density at radius 2 is 2.16 bits per heavy atom. The van der Waals surface area contributed by atoms with Crippen molar-refractivity contribution in [2.75, 3.05) is 13.1 Å². The molecule has 1 unspecified atom stereocenters. The first-order chi connectivity index (χ1) is 11.9. The Labute approximate surface area is 151 Å². The zero-order valence-corrected chi connectivity index (χ0v) is 15.8. The maximum atomic E-state index is 12.4. The number of hydrogen-bond donors (Lipinski definition) is 0. The third-order valence-corrected chi connectivity index (χ3v) is 5.89. The molecule has 0 bridgehead atoms. The zero-order valence-electron chi connectivity index (χ0n) is 14.9. The summed E-state index contributed by atoms with van der Waals surface area (Å²) >= 11 is 1.71. The van der Waals surface area contributed by atoms with Crippen LogP contribution in [0, 0.1) is 13.8 Å². The van der Waals surface area contributed by atoms with Gasteiger partial charge in [-0.2, -0.15) is 0 Å². The summed E-state index contributed by atoms with van der Waals surface area (Å²) in [4.78, 5) is 27.4. The van der Waals surface area contributed by atoms with Crippen molar-refractivity contribution in [3.63, 3.8) is 0 Å². The van der Waals surface area contributed by atoms with Gasteiger partial charge in [0.25, 0.3) is 5.56 Å². The van der Waals surface area contributed by atoms with Gasteiger partial charge in [-0.1, -0.05) is 0 Å². The number of amides is 1. The van der Waals surface area contributed by atoms with Crippen LogP contribution in [0.4, 0.5) is 0 Å². The molecule has 2 aromatic heterocycles. The van der Waals surface area contributed by atoms with Crippen molar-refractivity contribution in [2.24, 2.45) is 7.05 Å². The normalized spacial score (nSPS) is 17.1. The molecule has 134 valence electrons. The summed E-state index contributed by atoms with van der Waals surface area (Å²) in [6.07, 6.45) is 2.11. The average molecular weight is 360 g/mol. The van der Waals surface area contributed by atoms with E-state index in [0.29, 0.717) is 18.7 Å². The molecule has 1 amide bonds. The van der Waals surface area contributed by atoms with Gasteiger partial charge >= 0.3 is 0 Å². The molecule has 25 heavy (non-hydrogen) atoms. The summed E-state index contributed by atoms with van der Waals surface area (Å²) in [5, 5.41) is 2.07. The Balaban J connectivity index is 1.54. The van der Waals surface area contributed by atoms with E-state index in [2.05, 4.69) is 18.4 Å². The Kier molecular flexibility index (Phi) is 5.27. The standard InChI is InChI=1S/C19H24N2O3S/c1-13-7-9-25-17(13)4-5-18(22)21-8-6-15(12-21)24-16-10-14(2)20(3)19(23)11-16/h7,9-11,15H,4-6,8,12H2,1-3H3. The van der Waals surface area contributed by atoms with E-state index in [-0.39, 0.29) is 17.6 Å². The van der Waals surface area contributed by atoms with E-state index in [1.54, 1.807) is 23.0 Å². The van der Waals surface area contributed by atoms with Crippen molar-refractivity contribution < 1.29 is 9.53 Å². The molecule has 1 aliphatic rings. The SMILES string of the molecule is Cc1ccsc1CCC(=O)N1CCC(Oc2cc(C)n(C)c(=O)c2)C1. The average Bonchev–Trinajstić information content (AvgIpc) is 3.19. The lowest BCUT2D eigenvalue weighted by atomic mass is 10.2. The van der Waals surface area contributed by atoms with Crippen molar-refractivity contribution in [3.8, 4) is 5.75 Å². The molecule has 5 nitrogen and oxygen atoms in total. The third kappa shape index (κ3) is 4.12. The van der Waals surface area contributed by atoms with E-state index in [0.717, 1.165) is 25.1 Å². The second kappa shape index (κ2) is 7.44. The van der Waals surface area contributed by atoms with Crippen LogP contribution in [0.25, 0.3) is 0 Å². The number of aromatic nitrogens is 1. The number of thiophene rings is 1. The number of carbonyl (C=O) groups excluding carboxylic acids is 1. The van der Waals surface area contributed by atoms with Crippen LogP contribution in [0.3, 0.4) is 0 Å². The highest BCUT2D eigenvalue weighted by molar-refractivity contribution is 7.10. The van der Waals surface area contributed by atoms with Crippen LogP contribution < -0.4 is 10.3 Å². The molecule has 3 rings (SSSR count). The summed E-state index contributed by atoms with van der Waals surface area (Å²) in [5.74, 6) is 0.771. The van der Waals surface area contributed by atoms with E-state index >= 15 is 0 Å². The second-order valence-electron chi connectivity index (χ2n) is 6.62. The van der Waals surface area contributed by atoms with Crippen LogP contribution in [0.15, 0.2) is 28.4 Å². The molecule has 1 fully saturated rings. The lowest BCUT2D eigenvalue weighted by Gasteiger charge is -2.17. The van der Waals surface area contributed by atoms with Gasteiger partial charge in [0.1, 0.15) is 11.9 Å². The van der Waals surface area contributed by atoms with Gasteiger partial charge in [-0.15, -0.1) is 11.3 Å². The van der Waals surface area contributed by atoms with Crippen LogP contribution in [0.5, 0.6) is 5.75 Å². The lowest BCUT2D eigenvalue weighted by molar-refractivity contribution is -0.130. The number of nitrogens with zero attached hydrogens (tertiary/aromatic N) is 2. The van der Waals surface area contributed by atoms with Crippen LogP contribution in [-0.4, -0.2) is 34.6 Å². The van der Waals surface area contributed by atoms with Gasteiger partial charge in [0, 0.05) is 43.1 Å². The van der Waals surface area contributed by atoms with Gasteiger partial charge in [0.2, 0.25) is 5.91 Å². The molecule has 0 radical (unpaired) electrons. The summed E-state index contributed by atoms with van der Waals surface area (Å²) in [6, 6.07) is 5.47. The summed E-state index contributed by atoms with van der Waals surface area (Å²) in [6.45, 7) is 5.28. The van der Waals surface area contributed by atoms with E-state index in [4.69, 9.17) is 4.74 Å². The molecule has 1 atom stereocenters. The molecule has 0 aliphatic carbocycles. The number of hydrogen-bond acceptors (Lipinski definition) is 4. The molecule has 0 N–H and O–H groups in total. The lowest BCUT2D eigenvalue weighted by Crippen LogP contribution is -2.31. The first kappa shape index (κ1) is 17.7. The molecule has 6 heteroatoms. The molecule has 0 spiro atoms. The Morgan fingerprint density at radius 1 is 1.36 bits per heavy atom. The van der Waals surface area contributed by atoms with Crippen LogP contribution in [-0.2, 0) is 18.3 Å². The highest BCUT2D eigenvalue weighted by Crippen LogP contribution is 2.21. The van der Waals surface area contributed by atoms with Crippen molar-refractivity contribution in [1.29, 1.82) is 0 Å². The van der Waals surface area contributed by atoms with Gasteiger partial charge in [-0.05, 0) is 43.3 Å². The van der Waals surface area contributed by atoms with Crippen molar-refractivity contribution in [2.45, 2.75) is 39.2 Å². The predicted octanol–water partition coefficient (Wildman–Crippen LogP) is 2.68. The number of rotatable bonds is 5. The molecular formula is C19H24N2O3S. The number of pyridine rings is 1. The fraction of sp³-hybridized carbons (Fsp3) is 0.474. The van der Waals surface area contributed by atoms with Gasteiger partial charge in [0.05, 0.1) is 6.54 Å². The number of carbonyl (C=O) groups is 1. The highest BCUT2D eigenvalue weighted by atomic mass is 32.1. The number of aryl methyl sites for hydroxylation is 3. The van der Waals surface area contributed by atoms with Crippen LogP contribution >= 0.6 is 11.3 Å². The van der Waals surface area contributed by atoms with Crippen molar-refractivity contribution >= 4 is 17.2 Å². The summed E-state index contributed by atoms with van der Waals surface area (Å²) in [5.41, 5.74) is 2.05. The van der Waals surface area contributed by atoms with Crippen LogP contribution in [0.2, 0.25) is 0 Å². The second-order valence-corrected chi connectivity index (χ2v) is 7.63. The van der Waals surface area contributed by atoms with Gasteiger partial charge in [-0.3, -0.25) is 9.59 Å². The minimum atomic E-state index is -0.0766. The van der Waals surface area contributed by atoms with Gasteiger partial charge in [-0.25, -0.2) is 0 Å². The molecular weight excluding hydrogens is 336 g/mol. The highest BCUT2D eigenvalue weighted by Gasteiger charge is 2.27. The molecule has 1 aliphatic heterocycles. The zero-order chi connectivity index (χ0) is 18.0. The Bertz CT molecular complexity index is 824. The summed E-state index contributed by atoms with van der Waals surface area (Å²) < 4.78 is 7.52. The molecule has 1 saturated heterocycles. The Morgan fingerprint density at radius 3 is 2.84 bits per heavy atom. The van der Waals surface area contributed by atoms with E-state index in [9.17, 15) is 9.59 Å². The predicted molar refractivity (Wildman–Crippen MR) is 99.4 cm³/mol. The number of likely N-dealkylation sites (tertiary alicyclic amines) is 1. The minimum Gasteiger partial charge on any atom is -0.488 e. The largest absolute Gasteiger partial charge is 0.488 e. The smallest absolute Gasteiger partial charge is 0.254 e. The minimum absolute atomic E-state index is 0.0427. The van der Waals surface area contributed by atoms with Crippen LogP contribution in [0.1, 0.15) is 29.0 Å². The van der Waals surface area contributed by atoms with Crippen molar-refractivity contribution in [1.82, 2.24) is 9.47 Å². The molecule has 0 aromatic carbocycles. The maximum Gasteiger partial charge on any atom is 0.254 e. The van der Waals surface area contributed by atoms with E-state index < -0.39 is 0 Å². The fourth-order valence-electron chi connectivity index (χ4n) is 3.09. The van der Waals surface area contributed by atoms with E-state index in [1.165, 1.54) is 16.5 Å². The number of ether oxygens (including phenoxy) is 1. The molecule has 3 heterocycles. The third-order valence-electron chi connectivity index (χ3n) is 4.81. The maximum absolute atomic E-state index is 12.4. The Hall–Kier alpha value is -2.08. The first-order valence-electron chi connectivity index (χ1n) is 8.59. The first-order valence-corrected chi connectivity index (χ1v) is 9.47. The topological polar surface area (TPSA) is 51.5 Å². The van der Waals surface area contributed by atoms with Gasteiger partial charge < -0.3 is 14.2 Å². The molecule has 2 aromatic rings. The van der Waals surface area contributed by atoms with Gasteiger partial charge in [0.15, 0.2) is 0 Å². The van der Waals surface area contributed by atoms with E-state index in [1.807, 2.05) is 17.9 Å². The molecule has 0 saturated carbocycles. The summed E-state index contributed by atoms with van der Waals surface area (Å²) in [7, 11) is 1.74. The fourth-order valence-corrected chi connectivity index (χ4v) is 4.00. The quantitative estimate of drug-likeness (QED) is 0.824. The van der Waals surface area contributed by atoms with Crippen molar-refractivity contribution in [3.05, 3.63) is 50.1 Å².